The van der Waals surface area contributed by atoms with Crippen molar-refractivity contribution < 1.29 is 19.1 Å². The normalized spacial score (nSPS) is 24.1. The van der Waals surface area contributed by atoms with Crippen molar-refractivity contribution in [3.05, 3.63) is 29.6 Å². The summed E-state index contributed by atoms with van der Waals surface area (Å²) in [6.45, 7) is 8.54. The minimum absolute atomic E-state index is 0.0436. The van der Waals surface area contributed by atoms with Gasteiger partial charge in [0.05, 0.1) is 11.6 Å². The Morgan fingerprint density at radius 1 is 1.19 bits per heavy atom. The van der Waals surface area contributed by atoms with Crippen LogP contribution in [-0.4, -0.2) is 72.1 Å². The van der Waals surface area contributed by atoms with Crippen LogP contribution in [0.15, 0.2) is 18.2 Å². The average molecular weight is 377 g/mol. The van der Waals surface area contributed by atoms with E-state index in [1.165, 1.54) is 6.07 Å². The third-order valence-corrected chi connectivity index (χ3v) is 5.85. The lowest BCUT2D eigenvalue weighted by atomic mass is 9.93. The summed E-state index contributed by atoms with van der Waals surface area (Å²) in [5.41, 5.74) is 0.804. The molecule has 2 fully saturated rings. The highest BCUT2D eigenvalue weighted by Gasteiger charge is 2.33. The second-order valence-corrected chi connectivity index (χ2v) is 7.51. The molecule has 0 spiro atoms. The van der Waals surface area contributed by atoms with Crippen molar-refractivity contribution in [2.45, 2.75) is 32.7 Å². The molecule has 2 heterocycles. The van der Waals surface area contributed by atoms with Crippen LogP contribution in [0, 0.1) is 11.7 Å². The first-order valence-corrected chi connectivity index (χ1v) is 9.71. The number of hydrogen-bond donors (Lipinski definition) is 1. The number of nitrogens with zero attached hydrogens (tertiary/aromatic N) is 3. The summed E-state index contributed by atoms with van der Waals surface area (Å²) < 4.78 is 14.7. The summed E-state index contributed by atoms with van der Waals surface area (Å²) >= 11 is 0. The minimum atomic E-state index is -0.882. The number of carboxylic acids is 1. The molecule has 2 unspecified atom stereocenters. The van der Waals surface area contributed by atoms with E-state index >= 15 is 0 Å². The highest BCUT2D eigenvalue weighted by molar-refractivity contribution is 5.95. The molecule has 7 heteroatoms. The first-order valence-electron chi connectivity index (χ1n) is 9.71. The van der Waals surface area contributed by atoms with Gasteiger partial charge in [-0.15, -0.1) is 0 Å². The van der Waals surface area contributed by atoms with Gasteiger partial charge in [0, 0.05) is 44.3 Å². The average Bonchev–Trinajstić information content (AvgIpc) is 2.67. The fourth-order valence-electron chi connectivity index (χ4n) is 3.96. The van der Waals surface area contributed by atoms with E-state index in [9.17, 15) is 19.1 Å². The van der Waals surface area contributed by atoms with Gasteiger partial charge in [-0.1, -0.05) is 6.92 Å². The monoisotopic (exact) mass is 377 g/mol. The lowest BCUT2D eigenvalue weighted by molar-refractivity contribution is -0.143. The van der Waals surface area contributed by atoms with E-state index in [1.54, 1.807) is 17.0 Å². The summed E-state index contributed by atoms with van der Waals surface area (Å²) in [4.78, 5) is 30.0. The van der Waals surface area contributed by atoms with Crippen molar-refractivity contribution in [3.63, 3.8) is 0 Å². The SMILES string of the molecule is CCN1CCN(c2ccc(C(=O)N3CC(C(=O)O)CCC3C)cc2F)CC1. The van der Waals surface area contributed by atoms with Crippen molar-refractivity contribution in [2.24, 2.45) is 5.92 Å². The molecule has 0 bridgehead atoms. The van der Waals surface area contributed by atoms with E-state index in [4.69, 9.17) is 0 Å². The number of hydrogen-bond acceptors (Lipinski definition) is 4. The maximum atomic E-state index is 14.7. The summed E-state index contributed by atoms with van der Waals surface area (Å²) in [6, 6.07) is 4.58. The van der Waals surface area contributed by atoms with Crippen molar-refractivity contribution >= 4 is 17.6 Å². The molecule has 0 radical (unpaired) electrons. The number of amides is 1. The zero-order valence-electron chi connectivity index (χ0n) is 16.0. The third kappa shape index (κ3) is 4.24. The summed E-state index contributed by atoms with van der Waals surface area (Å²) in [5, 5.41) is 9.25. The number of aliphatic carboxylic acids is 1. The maximum Gasteiger partial charge on any atom is 0.308 e. The quantitative estimate of drug-likeness (QED) is 0.872. The summed E-state index contributed by atoms with van der Waals surface area (Å²) in [5.74, 6) is -2.13. The lowest BCUT2D eigenvalue weighted by Gasteiger charge is -2.37. The maximum absolute atomic E-state index is 14.7. The van der Waals surface area contributed by atoms with Crippen molar-refractivity contribution in [2.75, 3.05) is 44.2 Å². The van der Waals surface area contributed by atoms with Gasteiger partial charge in [0.1, 0.15) is 5.82 Å². The Labute approximate surface area is 159 Å². The predicted molar refractivity (Wildman–Crippen MR) is 102 cm³/mol. The van der Waals surface area contributed by atoms with E-state index < -0.39 is 17.7 Å². The van der Waals surface area contributed by atoms with Gasteiger partial charge in [-0.2, -0.15) is 0 Å². The first kappa shape index (κ1) is 19.6. The van der Waals surface area contributed by atoms with Crippen LogP contribution in [0.3, 0.4) is 0 Å². The van der Waals surface area contributed by atoms with Crippen molar-refractivity contribution in [1.29, 1.82) is 0 Å². The molecule has 3 rings (SSSR count). The molecule has 2 saturated heterocycles. The predicted octanol–water partition coefficient (Wildman–Crippen LogP) is 2.29. The van der Waals surface area contributed by atoms with Crippen molar-refractivity contribution in [3.8, 4) is 0 Å². The molecule has 0 aliphatic carbocycles. The number of likely N-dealkylation sites (N-methyl/N-ethyl adjacent to an activating group) is 1. The van der Waals surface area contributed by atoms with Crippen LogP contribution in [0.4, 0.5) is 10.1 Å². The van der Waals surface area contributed by atoms with Gasteiger partial charge in [0.15, 0.2) is 0 Å². The Morgan fingerprint density at radius 3 is 2.48 bits per heavy atom. The topological polar surface area (TPSA) is 64.1 Å². The van der Waals surface area contributed by atoms with E-state index in [2.05, 4.69) is 11.8 Å². The van der Waals surface area contributed by atoms with Gasteiger partial charge >= 0.3 is 5.97 Å². The molecule has 0 saturated carbocycles. The molecule has 1 aromatic carbocycles. The molecule has 6 nitrogen and oxygen atoms in total. The number of piperidine rings is 1. The summed E-state index contributed by atoms with van der Waals surface area (Å²) in [6.07, 6.45) is 1.21. The molecular formula is C20H28FN3O3. The molecule has 0 aromatic heterocycles. The highest BCUT2D eigenvalue weighted by Crippen LogP contribution is 2.26. The highest BCUT2D eigenvalue weighted by atomic mass is 19.1. The van der Waals surface area contributed by atoms with Gasteiger partial charge in [0.25, 0.3) is 5.91 Å². The molecule has 2 aliphatic heterocycles. The van der Waals surface area contributed by atoms with Crippen LogP contribution in [0.5, 0.6) is 0 Å². The van der Waals surface area contributed by atoms with Crippen LogP contribution >= 0.6 is 0 Å². The van der Waals surface area contributed by atoms with Gasteiger partial charge in [0.2, 0.25) is 0 Å². The largest absolute Gasteiger partial charge is 0.481 e. The minimum Gasteiger partial charge on any atom is -0.481 e. The van der Waals surface area contributed by atoms with Gasteiger partial charge in [-0.05, 0) is 44.5 Å². The van der Waals surface area contributed by atoms with E-state index in [0.717, 1.165) is 32.7 Å². The number of anilines is 1. The number of benzene rings is 1. The summed E-state index contributed by atoms with van der Waals surface area (Å²) in [7, 11) is 0. The Bertz CT molecular complexity index is 704. The number of carbonyl (C=O) groups excluding carboxylic acids is 1. The number of halogens is 1. The molecule has 148 valence electrons. The smallest absolute Gasteiger partial charge is 0.308 e. The van der Waals surface area contributed by atoms with E-state index in [0.29, 0.717) is 18.5 Å². The van der Waals surface area contributed by atoms with Gasteiger partial charge in [-0.25, -0.2) is 4.39 Å². The first-order chi connectivity index (χ1) is 12.9. The lowest BCUT2D eigenvalue weighted by Crippen LogP contribution is -2.47. The van der Waals surface area contributed by atoms with Gasteiger partial charge in [-0.3, -0.25) is 9.59 Å². The van der Waals surface area contributed by atoms with Crippen LogP contribution in [0.25, 0.3) is 0 Å². The second-order valence-electron chi connectivity index (χ2n) is 7.51. The molecule has 1 N–H and O–H groups in total. The van der Waals surface area contributed by atoms with E-state index in [1.807, 2.05) is 11.8 Å². The van der Waals surface area contributed by atoms with Crippen LogP contribution in [-0.2, 0) is 4.79 Å². The fraction of sp³-hybridized carbons (Fsp3) is 0.600. The molecule has 1 aromatic rings. The Morgan fingerprint density at radius 2 is 1.89 bits per heavy atom. The number of carboxylic acid groups (broad SMARTS) is 1. The Hall–Kier alpha value is -2.15. The molecule has 2 aliphatic rings. The molecule has 1 amide bonds. The third-order valence-electron chi connectivity index (χ3n) is 5.85. The zero-order chi connectivity index (χ0) is 19.6. The van der Waals surface area contributed by atoms with Crippen LogP contribution in [0.2, 0.25) is 0 Å². The molecular weight excluding hydrogens is 349 g/mol. The van der Waals surface area contributed by atoms with Crippen LogP contribution < -0.4 is 4.90 Å². The zero-order valence-corrected chi connectivity index (χ0v) is 16.0. The van der Waals surface area contributed by atoms with Gasteiger partial charge < -0.3 is 19.8 Å². The molecule has 27 heavy (non-hydrogen) atoms. The molecule has 2 atom stereocenters. The Kier molecular flexibility index (Phi) is 5.99. The van der Waals surface area contributed by atoms with E-state index in [-0.39, 0.29) is 24.1 Å². The number of piperazine rings is 1. The number of carbonyl (C=O) groups is 2. The van der Waals surface area contributed by atoms with Crippen molar-refractivity contribution in [1.82, 2.24) is 9.80 Å². The number of likely N-dealkylation sites (tertiary alicyclic amines) is 1. The standard InChI is InChI=1S/C20H28FN3O3/c1-3-22-8-10-23(11-9-22)18-7-6-15(12-17(18)21)19(25)24-13-16(20(26)27)5-4-14(24)2/h6-7,12,14,16H,3-5,8-11,13H2,1-2H3,(H,26,27). The second kappa shape index (κ2) is 8.25. The van der Waals surface area contributed by atoms with Crippen LogP contribution in [0.1, 0.15) is 37.0 Å². The fourth-order valence-corrected chi connectivity index (χ4v) is 3.96. The number of rotatable bonds is 4. The Balaban J connectivity index is 1.73.